The molecule has 4 heterocycles. The quantitative estimate of drug-likeness (QED) is 0.369. The molecule has 2 aromatic heterocycles. The Morgan fingerprint density at radius 2 is 1.78 bits per heavy atom. The van der Waals surface area contributed by atoms with Gasteiger partial charge in [-0.15, -0.1) is 0 Å². The van der Waals surface area contributed by atoms with Gasteiger partial charge in [-0.25, -0.2) is 9.79 Å². The second-order valence-corrected chi connectivity index (χ2v) is 10.7. The minimum absolute atomic E-state index is 0.177. The first-order valence-electron chi connectivity index (χ1n) is 13.3. The Kier molecular flexibility index (Phi) is 8.22. The number of piperazine rings is 1. The molecule has 12 heteroatoms. The summed E-state index contributed by atoms with van der Waals surface area (Å²) in [6.07, 6.45) is 1.72. The number of rotatable bonds is 8. The van der Waals surface area contributed by atoms with Crippen molar-refractivity contribution in [1.29, 1.82) is 0 Å². The molecular formula is C29H34N4O7S. The summed E-state index contributed by atoms with van der Waals surface area (Å²) in [4.78, 5) is 36.8. The smallest absolute Gasteiger partial charge is 0.338 e. The topological polar surface area (TPSA) is 108 Å². The van der Waals surface area contributed by atoms with Crippen LogP contribution in [0.25, 0.3) is 6.08 Å². The Balaban J connectivity index is 1.64. The van der Waals surface area contributed by atoms with Crippen molar-refractivity contribution in [2.75, 3.05) is 66.1 Å². The van der Waals surface area contributed by atoms with E-state index < -0.39 is 12.0 Å². The molecule has 0 bridgehead atoms. The van der Waals surface area contributed by atoms with Crippen LogP contribution < -0.4 is 34.0 Å². The lowest BCUT2D eigenvalue weighted by molar-refractivity contribution is -0.139. The van der Waals surface area contributed by atoms with Crippen molar-refractivity contribution < 1.29 is 28.2 Å². The van der Waals surface area contributed by atoms with E-state index in [9.17, 15) is 9.59 Å². The first-order chi connectivity index (χ1) is 19.8. The Labute approximate surface area is 241 Å². The Morgan fingerprint density at radius 3 is 2.39 bits per heavy atom. The number of carbonyl (C=O) groups is 1. The number of aromatic nitrogens is 1. The number of ether oxygens (including phenoxy) is 4. The summed E-state index contributed by atoms with van der Waals surface area (Å²) >= 11 is 1.23. The molecule has 0 radical (unpaired) electrons. The minimum atomic E-state index is -0.835. The van der Waals surface area contributed by atoms with Gasteiger partial charge < -0.3 is 33.2 Å². The number of thiazole rings is 1. The van der Waals surface area contributed by atoms with Crippen LogP contribution in [0.1, 0.15) is 31.2 Å². The molecule has 5 rings (SSSR count). The van der Waals surface area contributed by atoms with E-state index in [0.29, 0.717) is 43.6 Å². The van der Waals surface area contributed by atoms with Crippen LogP contribution in [0.4, 0.5) is 5.88 Å². The molecule has 11 nitrogen and oxygen atoms in total. The van der Waals surface area contributed by atoms with Crippen LogP contribution in [-0.4, -0.2) is 76.6 Å². The average molecular weight is 583 g/mol. The number of benzene rings is 1. The van der Waals surface area contributed by atoms with Crippen LogP contribution >= 0.6 is 11.3 Å². The molecule has 1 fully saturated rings. The van der Waals surface area contributed by atoms with Gasteiger partial charge in [0.25, 0.3) is 5.56 Å². The summed E-state index contributed by atoms with van der Waals surface area (Å²) < 4.78 is 30.1. The van der Waals surface area contributed by atoms with Gasteiger partial charge in [-0.2, -0.15) is 0 Å². The SMILES string of the molecule is CCOC(=O)C1=C(C)N=c2sc(=Cc3ccc(N4CCN(C)CC4)o3)c(=O)n2[C@@H]1c1cc(OC)c(OC)c(OC)c1. The van der Waals surface area contributed by atoms with Crippen molar-refractivity contribution in [1.82, 2.24) is 9.47 Å². The minimum Gasteiger partial charge on any atom is -0.493 e. The lowest BCUT2D eigenvalue weighted by atomic mass is 9.95. The van der Waals surface area contributed by atoms with Crippen LogP contribution in [0.5, 0.6) is 17.2 Å². The van der Waals surface area contributed by atoms with Gasteiger partial charge in [0, 0.05) is 38.3 Å². The fraction of sp³-hybridized carbons (Fsp3) is 0.414. The second-order valence-electron chi connectivity index (χ2n) is 9.73. The number of likely N-dealkylation sites (N-methyl/N-ethyl adjacent to an activating group) is 1. The van der Waals surface area contributed by atoms with Crippen molar-refractivity contribution in [2.24, 2.45) is 4.99 Å². The van der Waals surface area contributed by atoms with E-state index in [2.05, 4.69) is 21.8 Å². The van der Waals surface area contributed by atoms with E-state index in [4.69, 9.17) is 23.4 Å². The maximum absolute atomic E-state index is 14.0. The zero-order valence-electron chi connectivity index (χ0n) is 24.1. The number of hydrogen-bond acceptors (Lipinski definition) is 11. The lowest BCUT2D eigenvalue weighted by Gasteiger charge is -2.32. The number of fused-ring (bicyclic) bond motifs is 1. The molecule has 1 saturated heterocycles. The van der Waals surface area contributed by atoms with Gasteiger partial charge in [0.15, 0.2) is 22.2 Å². The molecule has 0 unspecified atom stereocenters. The highest BCUT2D eigenvalue weighted by Crippen LogP contribution is 2.42. The van der Waals surface area contributed by atoms with Gasteiger partial charge >= 0.3 is 5.97 Å². The number of allylic oxidation sites excluding steroid dienone is 1. The van der Waals surface area contributed by atoms with Gasteiger partial charge in [0.1, 0.15) is 5.76 Å². The monoisotopic (exact) mass is 582 g/mol. The fourth-order valence-corrected chi connectivity index (χ4v) is 6.14. The zero-order chi connectivity index (χ0) is 29.3. The summed E-state index contributed by atoms with van der Waals surface area (Å²) in [6, 6.07) is 6.42. The van der Waals surface area contributed by atoms with Crippen LogP contribution in [0.2, 0.25) is 0 Å². The number of nitrogens with zero attached hydrogens (tertiary/aromatic N) is 4. The first-order valence-corrected chi connectivity index (χ1v) is 14.1. The van der Waals surface area contributed by atoms with E-state index in [1.165, 1.54) is 37.2 Å². The molecule has 0 saturated carbocycles. The Hall–Kier alpha value is -4.03. The third-order valence-electron chi connectivity index (χ3n) is 7.22. The van der Waals surface area contributed by atoms with Gasteiger partial charge in [-0.1, -0.05) is 11.3 Å². The molecule has 218 valence electrons. The number of methoxy groups -OCH3 is 3. The number of furan rings is 1. The largest absolute Gasteiger partial charge is 0.493 e. The van der Waals surface area contributed by atoms with Crippen molar-refractivity contribution in [3.8, 4) is 17.2 Å². The molecule has 3 aromatic rings. The Bertz CT molecular complexity index is 1640. The maximum atomic E-state index is 14.0. The summed E-state index contributed by atoms with van der Waals surface area (Å²) in [5.74, 6) is 1.98. The van der Waals surface area contributed by atoms with E-state index >= 15 is 0 Å². The van der Waals surface area contributed by atoms with Crippen molar-refractivity contribution in [3.63, 3.8) is 0 Å². The molecule has 1 atom stereocenters. The average Bonchev–Trinajstić information content (AvgIpc) is 3.56. The van der Waals surface area contributed by atoms with Crippen molar-refractivity contribution in [3.05, 3.63) is 66.5 Å². The first kappa shape index (κ1) is 28.5. The summed E-state index contributed by atoms with van der Waals surface area (Å²) in [7, 11) is 6.64. The predicted octanol–water partition coefficient (Wildman–Crippen LogP) is 2.17. The molecule has 2 aliphatic heterocycles. The van der Waals surface area contributed by atoms with Crippen LogP contribution in [0.3, 0.4) is 0 Å². The zero-order valence-corrected chi connectivity index (χ0v) is 24.9. The summed E-state index contributed by atoms with van der Waals surface area (Å²) in [5, 5.41) is 0. The highest BCUT2D eigenvalue weighted by atomic mass is 32.1. The van der Waals surface area contributed by atoms with Crippen molar-refractivity contribution >= 4 is 29.3 Å². The molecule has 0 amide bonds. The van der Waals surface area contributed by atoms with Gasteiger partial charge in [-0.05, 0) is 44.7 Å². The second kappa shape index (κ2) is 11.8. The highest BCUT2D eigenvalue weighted by Gasteiger charge is 2.34. The van der Waals surface area contributed by atoms with E-state index in [-0.39, 0.29) is 17.7 Å². The molecule has 41 heavy (non-hydrogen) atoms. The summed E-state index contributed by atoms with van der Waals surface area (Å²) in [5.41, 5.74) is 1.000. The standard InChI is InChI=1S/C29H34N4O7S/c1-7-39-28(35)24-17(2)30-29-33(25(24)18-14-20(36-4)26(38-6)21(15-18)37-5)27(34)22(41-29)16-19-8-9-23(40-19)32-12-10-31(3)11-13-32/h8-9,14-16,25H,7,10-13H2,1-6H3/t25-/m1/s1. The molecular weight excluding hydrogens is 548 g/mol. The van der Waals surface area contributed by atoms with Gasteiger partial charge in [0.2, 0.25) is 5.75 Å². The molecule has 0 N–H and O–H groups in total. The molecule has 2 aliphatic rings. The van der Waals surface area contributed by atoms with E-state index in [0.717, 1.165) is 32.1 Å². The predicted molar refractivity (Wildman–Crippen MR) is 155 cm³/mol. The van der Waals surface area contributed by atoms with Crippen LogP contribution in [0, 0.1) is 0 Å². The molecule has 1 aromatic carbocycles. The third kappa shape index (κ3) is 5.36. The number of esters is 1. The van der Waals surface area contributed by atoms with E-state index in [1.807, 2.05) is 12.1 Å². The maximum Gasteiger partial charge on any atom is 0.338 e. The molecule has 0 aliphatic carbocycles. The van der Waals surface area contributed by atoms with Crippen molar-refractivity contribution in [2.45, 2.75) is 19.9 Å². The van der Waals surface area contributed by atoms with Gasteiger partial charge in [0.05, 0.1) is 49.8 Å². The Morgan fingerprint density at radius 1 is 1.10 bits per heavy atom. The van der Waals surface area contributed by atoms with Crippen LogP contribution in [-0.2, 0) is 9.53 Å². The third-order valence-corrected chi connectivity index (χ3v) is 8.20. The lowest BCUT2D eigenvalue weighted by Crippen LogP contribution is -2.44. The highest BCUT2D eigenvalue weighted by molar-refractivity contribution is 7.07. The van der Waals surface area contributed by atoms with E-state index in [1.54, 1.807) is 32.1 Å². The normalized spacial score (nSPS) is 17.8. The number of hydrogen-bond donors (Lipinski definition) is 0. The molecule has 0 spiro atoms. The number of carbonyl (C=O) groups excluding carboxylic acids is 1. The van der Waals surface area contributed by atoms with Crippen LogP contribution in [0.15, 0.2) is 49.7 Å². The number of anilines is 1. The van der Waals surface area contributed by atoms with Gasteiger partial charge in [-0.3, -0.25) is 9.36 Å². The fourth-order valence-electron chi connectivity index (χ4n) is 5.11. The summed E-state index contributed by atoms with van der Waals surface area (Å²) in [6.45, 7) is 7.30.